The highest BCUT2D eigenvalue weighted by Gasteiger charge is 2.46. The third-order valence-corrected chi connectivity index (χ3v) is 8.40. The first-order valence-corrected chi connectivity index (χ1v) is 12.0. The summed E-state index contributed by atoms with van der Waals surface area (Å²) in [7, 11) is 1.90. The highest BCUT2D eigenvalue weighted by atomic mass is 19.1. The van der Waals surface area contributed by atoms with Gasteiger partial charge in [-0.1, -0.05) is 6.92 Å². The SMILES string of the molecule is CC(=O)N(C)[C@H]1CCN([C@H]2CCC[C@@H](NC(=O)C3CC4C(F)CCC(C)C4N3)C2)C1. The summed E-state index contributed by atoms with van der Waals surface area (Å²) in [6.45, 7) is 5.77. The van der Waals surface area contributed by atoms with Crippen LogP contribution < -0.4 is 10.6 Å². The zero-order chi connectivity index (χ0) is 21.4. The van der Waals surface area contributed by atoms with Crippen LogP contribution >= 0.6 is 0 Å². The van der Waals surface area contributed by atoms with Crippen molar-refractivity contribution in [1.82, 2.24) is 20.4 Å². The summed E-state index contributed by atoms with van der Waals surface area (Å²) in [4.78, 5) is 29.0. The highest BCUT2D eigenvalue weighted by molar-refractivity contribution is 5.82. The minimum atomic E-state index is -0.771. The van der Waals surface area contributed by atoms with E-state index in [4.69, 9.17) is 0 Å². The molecule has 0 aromatic heterocycles. The Bertz CT molecular complexity index is 629. The van der Waals surface area contributed by atoms with Crippen LogP contribution in [0.15, 0.2) is 0 Å². The minimum absolute atomic E-state index is 0.0107. The van der Waals surface area contributed by atoms with Crippen LogP contribution in [-0.2, 0) is 9.59 Å². The Hall–Kier alpha value is -1.21. The van der Waals surface area contributed by atoms with E-state index in [2.05, 4.69) is 22.5 Å². The molecule has 4 rings (SSSR count). The largest absolute Gasteiger partial charge is 0.352 e. The lowest BCUT2D eigenvalue weighted by molar-refractivity contribution is -0.129. The smallest absolute Gasteiger partial charge is 0.237 e. The molecule has 4 fully saturated rings. The van der Waals surface area contributed by atoms with Crippen LogP contribution in [0.4, 0.5) is 4.39 Å². The fraction of sp³-hybridized carbons (Fsp3) is 0.913. The lowest BCUT2D eigenvalue weighted by atomic mass is 9.77. The van der Waals surface area contributed by atoms with E-state index in [1.807, 2.05) is 11.9 Å². The lowest BCUT2D eigenvalue weighted by Gasteiger charge is -2.36. The van der Waals surface area contributed by atoms with Crippen LogP contribution in [0.25, 0.3) is 0 Å². The molecule has 2 saturated carbocycles. The Labute approximate surface area is 180 Å². The first-order chi connectivity index (χ1) is 14.3. The van der Waals surface area contributed by atoms with Crippen molar-refractivity contribution < 1.29 is 14.0 Å². The summed E-state index contributed by atoms with van der Waals surface area (Å²) in [6.07, 6.45) is 6.71. The molecule has 2 aliphatic heterocycles. The van der Waals surface area contributed by atoms with E-state index >= 15 is 0 Å². The highest BCUT2D eigenvalue weighted by Crippen LogP contribution is 2.38. The van der Waals surface area contributed by atoms with Crippen molar-refractivity contribution in [2.75, 3.05) is 20.1 Å². The summed E-state index contributed by atoms with van der Waals surface area (Å²) >= 11 is 0. The molecule has 0 radical (unpaired) electrons. The topological polar surface area (TPSA) is 64.7 Å². The molecule has 2 amide bonds. The van der Waals surface area contributed by atoms with Gasteiger partial charge >= 0.3 is 0 Å². The van der Waals surface area contributed by atoms with E-state index in [-0.39, 0.29) is 35.9 Å². The average molecular weight is 423 g/mol. The maximum Gasteiger partial charge on any atom is 0.237 e. The second kappa shape index (κ2) is 9.11. The van der Waals surface area contributed by atoms with Gasteiger partial charge in [-0.2, -0.15) is 0 Å². The van der Waals surface area contributed by atoms with Crippen molar-refractivity contribution in [3.63, 3.8) is 0 Å². The Kier molecular flexibility index (Phi) is 6.68. The molecule has 0 spiro atoms. The summed E-state index contributed by atoms with van der Waals surface area (Å²) in [5.74, 6) is 0.619. The van der Waals surface area contributed by atoms with Gasteiger partial charge in [-0.05, 0) is 57.3 Å². The van der Waals surface area contributed by atoms with E-state index in [0.29, 0.717) is 30.8 Å². The molecule has 4 aliphatic rings. The molecule has 30 heavy (non-hydrogen) atoms. The number of hydrogen-bond donors (Lipinski definition) is 2. The molecule has 6 nitrogen and oxygen atoms in total. The summed E-state index contributed by atoms with van der Waals surface area (Å²) < 4.78 is 14.4. The van der Waals surface area contributed by atoms with Gasteiger partial charge in [0.1, 0.15) is 6.17 Å². The molecule has 0 aromatic rings. The summed E-state index contributed by atoms with van der Waals surface area (Å²) in [5, 5.41) is 6.75. The predicted octanol–water partition coefficient (Wildman–Crippen LogP) is 2.08. The van der Waals surface area contributed by atoms with Gasteiger partial charge in [-0.25, -0.2) is 4.39 Å². The number of likely N-dealkylation sites (N-methyl/N-ethyl adjacent to an activating group) is 1. The van der Waals surface area contributed by atoms with Crippen molar-refractivity contribution in [2.45, 2.75) is 102 Å². The van der Waals surface area contributed by atoms with Crippen LogP contribution in [0.2, 0.25) is 0 Å². The molecule has 0 bridgehead atoms. The van der Waals surface area contributed by atoms with Crippen LogP contribution in [0.5, 0.6) is 0 Å². The number of amides is 2. The van der Waals surface area contributed by atoms with Gasteiger partial charge in [0.05, 0.1) is 6.04 Å². The number of nitrogens with one attached hydrogen (secondary N) is 2. The summed E-state index contributed by atoms with van der Waals surface area (Å²) in [5.41, 5.74) is 0. The van der Waals surface area contributed by atoms with Gasteiger partial charge in [-0.3, -0.25) is 14.5 Å². The van der Waals surface area contributed by atoms with Crippen molar-refractivity contribution >= 4 is 11.8 Å². The molecule has 2 aliphatic carbocycles. The fourth-order valence-corrected chi connectivity index (χ4v) is 6.40. The van der Waals surface area contributed by atoms with Crippen molar-refractivity contribution in [1.29, 1.82) is 0 Å². The van der Waals surface area contributed by atoms with E-state index < -0.39 is 6.17 Å². The number of fused-ring (bicyclic) bond motifs is 1. The molecular formula is C23H39FN4O2. The first kappa shape index (κ1) is 22.0. The van der Waals surface area contributed by atoms with Gasteiger partial charge in [0.15, 0.2) is 0 Å². The van der Waals surface area contributed by atoms with Crippen LogP contribution in [0.3, 0.4) is 0 Å². The Morgan fingerprint density at radius 2 is 1.93 bits per heavy atom. The monoisotopic (exact) mass is 422 g/mol. The molecule has 2 N–H and O–H groups in total. The van der Waals surface area contributed by atoms with Crippen molar-refractivity contribution in [2.24, 2.45) is 11.8 Å². The predicted molar refractivity (Wildman–Crippen MR) is 115 cm³/mol. The van der Waals surface area contributed by atoms with Gasteiger partial charge in [0.2, 0.25) is 11.8 Å². The number of likely N-dealkylation sites (tertiary alicyclic amines) is 1. The number of carbonyl (C=O) groups is 2. The third kappa shape index (κ3) is 4.52. The van der Waals surface area contributed by atoms with Gasteiger partial charge in [-0.15, -0.1) is 0 Å². The number of alkyl halides is 1. The molecule has 8 atom stereocenters. The fourth-order valence-electron chi connectivity index (χ4n) is 6.40. The molecule has 2 heterocycles. The van der Waals surface area contributed by atoms with Crippen molar-refractivity contribution in [3.05, 3.63) is 0 Å². The Morgan fingerprint density at radius 3 is 2.67 bits per heavy atom. The van der Waals surface area contributed by atoms with E-state index in [9.17, 15) is 14.0 Å². The Balaban J connectivity index is 1.28. The number of halogens is 1. The molecule has 7 heteroatoms. The number of hydrogen-bond acceptors (Lipinski definition) is 4. The minimum Gasteiger partial charge on any atom is -0.352 e. The van der Waals surface area contributed by atoms with E-state index in [1.165, 1.54) is 0 Å². The molecule has 5 unspecified atom stereocenters. The van der Waals surface area contributed by atoms with Gasteiger partial charge in [0.25, 0.3) is 0 Å². The van der Waals surface area contributed by atoms with Crippen LogP contribution in [0.1, 0.15) is 65.2 Å². The number of nitrogens with zero attached hydrogens (tertiary/aromatic N) is 2. The van der Waals surface area contributed by atoms with Gasteiger partial charge < -0.3 is 15.5 Å². The maximum atomic E-state index is 14.4. The maximum absolute atomic E-state index is 14.4. The van der Waals surface area contributed by atoms with E-state index in [1.54, 1.807) is 6.92 Å². The second-order valence-corrected chi connectivity index (χ2v) is 10.3. The van der Waals surface area contributed by atoms with E-state index in [0.717, 1.165) is 51.6 Å². The third-order valence-electron chi connectivity index (χ3n) is 8.40. The first-order valence-electron chi connectivity index (χ1n) is 12.0. The van der Waals surface area contributed by atoms with Crippen LogP contribution in [0, 0.1) is 11.8 Å². The Morgan fingerprint density at radius 1 is 1.13 bits per heavy atom. The quantitative estimate of drug-likeness (QED) is 0.728. The molecule has 2 saturated heterocycles. The van der Waals surface area contributed by atoms with Crippen molar-refractivity contribution in [3.8, 4) is 0 Å². The average Bonchev–Trinajstić information content (AvgIpc) is 3.39. The van der Waals surface area contributed by atoms with Crippen LogP contribution in [-0.4, -0.2) is 78.1 Å². The summed E-state index contributed by atoms with van der Waals surface area (Å²) in [6, 6.07) is 0.870. The lowest BCUT2D eigenvalue weighted by Crippen LogP contribution is -2.51. The second-order valence-electron chi connectivity index (χ2n) is 10.3. The number of carbonyl (C=O) groups excluding carboxylic acids is 2. The molecular weight excluding hydrogens is 383 g/mol. The number of rotatable bonds is 4. The molecule has 0 aromatic carbocycles. The van der Waals surface area contributed by atoms with Gasteiger partial charge in [0, 0.05) is 57.1 Å². The zero-order valence-corrected chi connectivity index (χ0v) is 18.8. The standard InChI is InChI=1S/C23H39FN4O2/c1-14-7-8-20(24)19-12-21(26-22(14)19)23(30)25-16-5-4-6-17(11-16)28-10-9-18(13-28)27(3)15(2)29/h14,16-22,26H,4-13H2,1-3H3,(H,25,30)/t14?,16-,17+,18+,19?,20?,21?,22?/m1/s1. The zero-order valence-electron chi connectivity index (χ0n) is 18.8. The molecule has 170 valence electrons. The normalized spacial score (nSPS) is 42.0.